The Labute approximate surface area is 208 Å². The van der Waals surface area contributed by atoms with Crippen LogP contribution in [-0.4, -0.2) is 53.8 Å². The van der Waals surface area contributed by atoms with Crippen LogP contribution in [0, 0.1) is 23.2 Å². The molecule has 1 aliphatic heterocycles. The standard InChI is InChI=1S/C28H50N2O4/c1-11-34-27(33)20(6)16-22(19(4)5)17-24(31)25(28(8,9)10)29-26(32)23-14-12-13-15-30(23)21(7)18(2)3/h16,18-19,21-23,25H,11-15,17H2,1-10H3,(H,29,32)/b20-16+/t21?,22?,23-,25-/m1/s1. The minimum Gasteiger partial charge on any atom is -0.463 e. The summed E-state index contributed by atoms with van der Waals surface area (Å²) in [6.45, 7) is 21.4. The van der Waals surface area contributed by atoms with Crippen molar-refractivity contribution in [3.8, 4) is 0 Å². The fourth-order valence-corrected chi connectivity index (χ4v) is 4.60. The minimum atomic E-state index is -0.587. The molecule has 1 N–H and O–H groups in total. The molecule has 1 heterocycles. The van der Waals surface area contributed by atoms with E-state index >= 15 is 0 Å². The second-order valence-electron chi connectivity index (χ2n) is 11.7. The summed E-state index contributed by atoms with van der Waals surface area (Å²) in [5, 5.41) is 3.15. The molecule has 0 aliphatic carbocycles. The van der Waals surface area contributed by atoms with Crippen LogP contribution in [0.5, 0.6) is 0 Å². The van der Waals surface area contributed by atoms with Crippen molar-refractivity contribution in [2.45, 2.75) is 113 Å². The van der Waals surface area contributed by atoms with Gasteiger partial charge < -0.3 is 10.1 Å². The molecule has 6 nitrogen and oxygen atoms in total. The van der Waals surface area contributed by atoms with Crippen LogP contribution in [0.3, 0.4) is 0 Å². The number of nitrogens with one attached hydrogen (secondary N) is 1. The van der Waals surface area contributed by atoms with Gasteiger partial charge in [-0.1, -0.05) is 61.0 Å². The topological polar surface area (TPSA) is 75.7 Å². The summed E-state index contributed by atoms with van der Waals surface area (Å²) in [4.78, 5) is 41.4. The van der Waals surface area contributed by atoms with Crippen LogP contribution in [0.1, 0.15) is 94.9 Å². The van der Waals surface area contributed by atoms with E-state index in [4.69, 9.17) is 4.74 Å². The van der Waals surface area contributed by atoms with Crippen molar-refractivity contribution in [3.63, 3.8) is 0 Å². The molecule has 1 amide bonds. The predicted molar refractivity (Wildman–Crippen MR) is 138 cm³/mol. The van der Waals surface area contributed by atoms with Crippen molar-refractivity contribution >= 4 is 17.7 Å². The van der Waals surface area contributed by atoms with Gasteiger partial charge in [0.25, 0.3) is 0 Å². The summed E-state index contributed by atoms with van der Waals surface area (Å²) in [6.07, 6.45) is 5.08. The Morgan fingerprint density at radius 3 is 2.18 bits per heavy atom. The lowest BCUT2D eigenvalue weighted by atomic mass is 9.79. The fraction of sp³-hybridized carbons (Fsp3) is 0.821. The molecular weight excluding hydrogens is 428 g/mol. The summed E-state index contributed by atoms with van der Waals surface area (Å²) < 4.78 is 5.10. The van der Waals surface area contributed by atoms with E-state index in [1.165, 1.54) is 0 Å². The number of hydrogen-bond acceptors (Lipinski definition) is 5. The third kappa shape index (κ3) is 8.83. The van der Waals surface area contributed by atoms with Crippen molar-refractivity contribution in [2.75, 3.05) is 13.2 Å². The number of likely N-dealkylation sites (tertiary alicyclic amines) is 1. The zero-order valence-electron chi connectivity index (χ0n) is 23.4. The Bertz CT molecular complexity index is 720. The number of amides is 1. The molecule has 0 aromatic carbocycles. The number of ketones is 1. The first kappa shape index (κ1) is 30.3. The molecule has 1 saturated heterocycles. The van der Waals surface area contributed by atoms with Gasteiger partial charge in [-0.05, 0) is 63.3 Å². The number of esters is 1. The second kappa shape index (κ2) is 13.4. The number of carbonyl (C=O) groups excluding carboxylic acids is 3. The predicted octanol–water partition coefficient (Wildman–Crippen LogP) is 5.16. The second-order valence-corrected chi connectivity index (χ2v) is 11.7. The average Bonchev–Trinajstić information content (AvgIpc) is 2.75. The summed E-state index contributed by atoms with van der Waals surface area (Å²) >= 11 is 0. The maximum absolute atomic E-state index is 13.5. The highest BCUT2D eigenvalue weighted by Crippen LogP contribution is 2.28. The average molecular weight is 479 g/mol. The molecule has 6 heteroatoms. The van der Waals surface area contributed by atoms with Crippen molar-refractivity contribution in [3.05, 3.63) is 11.6 Å². The quantitative estimate of drug-likeness (QED) is 0.328. The summed E-state index contributed by atoms with van der Waals surface area (Å²) in [6, 6.07) is -0.479. The van der Waals surface area contributed by atoms with Gasteiger partial charge >= 0.3 is 5.97 Å². The van der Waals surface area contributed by atoms with Crippen molar-refractivity contribution < 1.29 is 19.1 Å². The first-order chi connectivity index (χ1) is 15.7. The molecule has 4 atom stereocenters. The molecule has 2 unspecified atom stereocenters. The molecule has 0 saturated carbocycles. The smallest absolute Gasteiger partial charge is 0.333 e. The van der Waals surface area contributed by atoms with Crippen LogP contribution >= 0.6 is 0 Å². The van der Waals surface area contributed by atoms with Gasteiger partial charge in [0.2, 0.25) is 5.91 Å². The molecular formula is C28H50N2O4. The SMILES string of the molecule is CCOC(=O)/C(C)=C/C(CC(=O)[C@@H](NC(=O)[C@H]1CCCCN1C(C)C(C)C)C(C)(C)C)C(C)C. The molecule has 0 aromatic heterocycles. The van der Waals surface area contributed by atoms with E-state index in [0.717, 1.165) is 25.8 Å². The minimum absolute atomic E-state index is 0.00623. The Kier molecular flexibility index (Phi) is 12.0. The first-order valence-electron chi connectivity index (χ1n) is 13.1. The number of ether oxygens (including phenoxy) is 1. The number of carbonyl (C=O) groups is 3. The third-order valence-electron chi connectivity index (χ3n) is 7.16. The zero-order valence-corrected chi connectivity index (χ0v) is 23.4. The van der Waals surface area contributed by atoms with Crippen molar-refractivity contribution in [1.82, 2.24) is 10.2 Å². The van der Waals surface area contributed by atoms with Crippen LogP contribution in [-0.2, 0) is 19.1 Å². The normalized spacial score (nSPS) is 20.7. The molecule has 196 valence electrons. The maximum atomic E-state index is 13.5. The van der Waals surface area contributed by atoms with Gasteiger partial charge in [0.05, 0.1) is 18.7 Å². The molecule has 1 fully saturated rings. The molecule has 0 radical (unpaired) electrons. The van der Waals surface area contributed by atoms with Gasteiger partial charge in [-0.2, -0.15) is 0 Å². The van der Waals surface area contributed by atoms with Gasteiger partial charge in [0.15, 0.2) is 5.78 Å². The van der Waals surface area contributed by atoms with Gasteiger partial charge in [-0.15, -0.1) is 0 Å². The van der Waals surface area contributed by atoms with E-state index in [9.17, 15) is 14.4 Å². The fourth-order valence-electron chi connectivity index (χ4n) is 4.60. The third-order valence-corrected chi connectivity index (χ3v) is 7.16. The van der Waals surface area contributed by atoms with Crippen LogP contribution in [0.15, 0.2) is 11.6 Å². The van der Waals surface area contributed by atoms with E-state index in [2.05, 4.69) is 31.0 Å². The number of rotatable bonds is 11. The van der Waals surface area contributed by atoms with Gasteiger partial charge in [0, 0.05) is 18.0 Å². The van der Waals surface area contributed by atoms with E-state index in [-0.39, 0.29) is 42.0 Å². The number of piperidine rings is 1. The Morgan fingerprint density at radius 1 is 1.06 bits per heavy atom. The Morgan fingerprint density at radius 2 is 1.68 bits per heavy atom. The zero-order chi connectivity index (χ0) is 26.2. The Hall–Kier alpha value is -1.69. The highest BCUT2D eigenvalue weighted by Gasteiger charge is 2.38. The van der Waals surface area contributed by atoms with E-state index in [0.29, 0.717) is 24.1 Å². The lowest BCUT2D eigenvalue weighted by Gasteiger charge is -2.42. The molecule has 0 spiro atoms. The number of allylic oxidation sites excluding steroid dienone is 1. The molecule has 1 rings (SSSR count). The first-order valence-corrected chi connectivity index (χ1v) is 13.1. The largest absolute Gasteiger partial charge is 0.463 e. The summed E-state index contributed by atoms with van der Waals surface area (Å²) in [5.74, 6) is 0.135. The molecule has 0 aromatic rings. The van der Waals surface area contributed by atoms with Gasteiger partial charge in [-0.25, -0.2) is 4.79 Å². The van der Waals surface area contributed by atoms with E-state index in [1.807, 2.05) is 40.7 Å². The lowest BCUT2D eigenvalue weighted by molar-refractivity contribution is -0.138. The Balaban J connectivity index is 3.07. The number of nitrogens with zero attached hydrogens (tertiary/aromatic N) is 1. The molecule has 1 aliphatic rings. The summed E-state index contributed by atoms with van der Waals surface area (Å²) in [5.41, 5.74) is 0.0994. The lowest BCUT2D eigenvalue weighted by Crippen LogP contribution is -2.58. The molecule has 0 bridgehead atoms. The maximum Gasteiger partial charge on any atom is 0.333 e. The highest BCUT2D eigenvalue weighted by molar-refractivity contribution is 5.92. The van der Waals surface area contributed by atoms with E-state index in [1.54, 1.807) is 13.8 Å². The molecule has 34 heavy (non-hydrogen) atoms. The number of hydrogen-bond donors (Lipinski definition) is 1. The van der Waals surface area contributed by atoms with E-state index < -0.39 is 11.5 Å². The summed E-state index contributed by atoms with van der Waals surface area (Å²) in [7, 11) is 0. The van der Waals surface area contributed by atoms with Crippen LogP contribution in [0.25, 0.3) is 0 Å². The number of Topliss-reactive ketones (excluding diaryl/α,β-unsaturated/α-hetero) is 1. The van der Waals surface area contributed by atoms with Crippen LogP contribution < -0.4 is 5.32 Å². The van der Waals surface area contributed by atoms with Crippen LogP contribution in [0.2, 0.25) is 0 Å². The van der Waals surface area contributed by atoms with Gasteiger partial charge in [-0.3, -0.25) is 14.5 Å². The van der Waals surface area contributed by atoms with Crippen molar-refractivity contribution in [2.24, 2.45) is 23.2 Å². The highest BCUT2D eigenvalue weighted by atomic mass is 16.5. The van der Waals surface area contributed by atoms with Crippen LogP contribution in [0.4, 0.5) is 0 Å². The van der Waals surface area contributed by atoms with Crippen molar-refractivity contribution in [1.29, 1.82) is 0 Å². The monoisotopic (exact) mass is 478 g/mol. The van der Waals surface area contributed by atoms with Gasteiger partial charge in [0.1, 0.15) is 0 Å².